The van der Waals surface area contributed by atoms with Crippen molar-refractivity contribution < 1.29 is 39.7 Å². The molecular weight excluding hydrogens is 580 g/mol. The Bertz CT molecular complexity index is 1880. The van der Waals surface area contributed by atoms with E-state index in [-0.39, 0.29) is 11.8 Å². The molecule has 0 atom stereocenters. The van der Waals surface area contributed by atoms with Crippen LogP contribution in [0.3, 0.4) is 0 Å². The molecule has 0 aliphatic carbocycles. The number of nitrogens with zero attached hydrogens (tertiary/aromatic N) is 2. The van der Waals surface area contributed by atoms with Crippen molar-refractivity contribution in [2.45, 2.75) is 19.2 Å². The third-order valence-corrected chi connectivity index (χ3v) is 7.53. The minimum Gasteiger partial charge on any atom is -0.747 e. The van der Waals surface area contributed by atoms with E-state index in [0.29, 0.717) is 39.6 Å². The molecule has 1 N–H and O–H groups in total. The second-order valence-electron chi connectivity index (χ2n) is 9.01. The highest BCUT2D eigenvalue weighted by Gasteiger charge is 2.30. The lowest BCUT2D eigenvalue weighted by Gasteiger charge is -2.20. The summed E-state index contributed by atoms with van der Waals surface area (Å²) in [6.07, 6.45) is 3.48. The molecule has 0 saturated heterocycles. The number of fused-ring (bicyclic) bond motifs is 2. The smallest absolute Gasteiger partial charge is 0.375 e. The number of anilines is 1. The van der Waals surface area contributed by atoms with Crippen LogP contribution in [0, 0.1) is 0 Å². The SMILES string of the molecule is CCC(=Cc1oc2ccc(-c3ccccc3)cc2[n+]1CS(=O)(=O)O)C=C1Oc2ccc(Cl)cc2N1CS(=O)(=O)[O-]. The topological polar surface area (TPSA) is 141 Å². The van der Waals surface area contributed by atoms with Gasteiger partial charge in [-0.2, -0.15) is 8.42 Å². The molecule has 0 bridgehead atoms. The van der Waals surface area contributed by atoms with Crippen LogP contribution in [0.1, 0.15) is 19.2 Å². The number of halogens is 1. The molecule has 1 aromatic heterocycles. The first-order chi connectivity index (χ1) is 18.9. The lowest BCUT2D eigenvalue weighted by atomic mass is 10.1. The third kappa shape index (κ3) is 6.21. The number of hydrogen-bond acceptors (Lipinski definition) is 8. The summed E-state index contributed by atoms with van der Waals surface area (Å²) >= 11 is 6.08. The maximum absolute atomic E-state index is 11.9. The van der Waals surface area contributed by atoms with Crippen molar-refractivity contribution in [1.29, 1.82) is 0 Å². The quantitative estimate of drug-likeness (QED) is 0.220. The van der Waals surface area contributed by atoms with Gasteiger partial charge in [-0.25, -0.2) is 8.42 Å². The molecule has 0 amide bonds. The van der Waals surface area contributed by atoms with E-state index in [0.717, 1.165) is 11.1 Å². The molecule has 3 aromatic carbocycles. The second-order valence-corrected chi connectivity index (χ2v) is 12.2. The van der Waals surface area contributed by atoms with Gasteiger partial charge in [0.15, 0.2) is 5.75 Å². The van der Waals surface area contributed by atoms with E-state index >= 15 is 0 Å². The summed E-state index contributed by atoms with van der Waals surface area (Å²) in [5.74, 6) is -1.16. The Hall–Kier alpha value is -3.68. The summed E-state index contributed by atoms with van der Waals surface area (Å²) in [5.41, 5.74) is 3.41. The summed E-state index contributed by atoms with van der Waals surface area (Å²) < 4.78 is 81.7. The Morgan fingerprint density at radius 2 is 1.80 bits per heavy atom. The van der Waals surface area contributed by atoms with Gasteiger partial charge in [-0.05, 0) is 47.4 Å². The van der Waals surface area contributed by atoms with E-state index in [2.05, 4.69) is 0 Å². The molecule has 10 nitrogen and oxygen atoms in total. The largest absolute Gasteiger partial charge is 0.747 e. The summed E-state index contributed by atoms with van der Waals surface area (Å²) in [7, 11) is -9.15. The molecule has 5 rings (SSSR count). The van der Waals surface area contributed by atoms with Crippen molar-refractivity contribution >= 4 is 54.7 Å². The van der Waals surface area contributed by atoms with Crippen LogP contribution in [0.25, 0.3) is 28.3 Å². The van der Waals surface area contributed by atoms with Gasteiger partial charge < -0.3 is 13.7 Å². The maximum atomic E-state index is 11.9. The first-order valence-electron chi connectivity index (χ1n) is 12.0. The van der Waals surface area contributed by atoms with E-state index in [1.54, 1.807) is 30.3 Å². The zero-order valence-corrected chi connectivity index (χ0v) is 23.4. The van der Waals surface area contributed by atoms with Crippen LogP contribution in [0.4, 0.5) is 5.69 Å². The molecule has 0 unspecified atom stereocenters. The van der Waals surface area contributed by atoms with E-state index in [1.165, 1.54) is 21.6 Å². The van der Waals surface area contributed by atoms with Gasteiger partial charge in [0.25, 0.3) is 11.4 Å². The van der Waals surface area contributed by atoms with Crippen LogP contribution in [-0.2, 0) is 26.1 Å². The third-order valence-electron chi connectivity index (χ3n) is 6.14. The van der Waals surface area contributed by atoms with Crippen LogP contribution < -0.4 is 14.2 Å². The van der Waals surface area contributed by atoms with E-state index in [9.17, 15) is 25.9 Å². The number of allylic oxidation sites excluding steroid dienone is 2. The Morgan fingerprint density at radius 3 is 2.48 bits per heavy atom. The average molecular weight is 603 g/mol. The molecule has 40 heavy (non-hydrogen) atoms. The molecule has 2 heterocycles. The minimum atomic E-state index is -4.69. The highest BCUT2D eigenvalue weighted by atomic mass is 35.5. The molecule has 13 heteroatoms. The van der Waals surface area contributed by atoms with Gasteiger partial charge in [-0.1, -0.05) is 54.9 Å². The van der Waals surface area contributed by atoms with Gasteiger partial charge >= 0.3 is 16.0 Å². The fraction of sp³-hybridized carbons (Fsp3) is 0.148. The Balaban J connectivity index is 1.62. The van der Waals surface area contributed by atoms with Crippen molar-refractivity contribution in [2.75, 3.05) is 10.8 Å². The Morgan fingerprint density at radius 1 is 1.05 bits per heavy atom. The van der Waals surface area contributed by atoms with Crippen molar-refractivity contribution in [1.82, 2.24) is 0 Å². The van der Waals surface area contributed by atoms with Crippen LogP contribution >= 0.6 is 11.6 Å². The molecular formula is C27H23ClN2O8S2. The van der Waals surface area contributed by atoms with Crippen LogP contribution in [0.15, 0.2) is 88.7 Å². The van der Waals surface area contributed by atoms with Crippen LogP contribution in [0.2, 0.25) is 5.02 Å². The number of benzene rings is 3. The van der Waals surface area contributed by atoms with Gasteiger partial charge in [0.2, 0.25) is 11.5 Å². The van der Waals surface area contributed by atoms with Gasteiger partial charge in [0.05, 0.1) is 11.8 Å². The number of aromatic nitrogens is 1. The normalized spacial score (nSPS) is 15.1. The molecule has 1 aliphatic heterocycles. The van der Waals surface area contributed by atoms with E-state index < -0.39 is 32.0 Å². The summed E-state index contributed by atoms with van der Waals surface area (Å²) in [6.45, 7) is 1.82. The molecule has 0 saturated carbocycles. The first kappa shape index (κ1) is 27.9. The lowest BCUT2D eigenvalue weighted by molar-refractivity contribution is -0.658. The average Bonchev–Trinajstić information content (AvgIpc) is 3.38. The number of oxazole rings is 1. The number of hydrogen-bond donors (Lipinski definition) is 1. The molecule has 1 aliphatic rings. The monoisotopic (exact) mass is 602 g/mol. The zero-order valence-electron chi connectivity index (χ0n) is 21.0. The highest BCUT2D eigenvalue weighted by molar-refractivity contribution is 7.85. The Labute approximate surface area is 235 Å². The number of rotatable bonds is 8. The summed E-state index contributed by atoms with van der Waals surface area (Å²) in [4.78, 5) is 1.20. The predicted molar refractivity (Wildman–Crippen MR) is 149 cm³/mol. The van der Waals surface area contributed by atoms with Crippen LogP contribution in [-0.4, -0.2) is 31.8 Å². The second kappa shape index (κ2) is 10.7. The standard InChI is InChI=1S/C27H23ClN2O8S2/c1-2-18(13-27-30(17-40(34,35)36)23-15-21(28)9-11-25(23)38-27)12-26-29(16-39(31,32)33)22-14-20(8-10-24(22)37-26)19-6-4-3-5-7-19/h3-15H,2,16-17H2,1H3,(H-,31,32,33,34,35,36). The number of ether oxygens (including phenoxy) is 1. The Kier molecular flexibility index (Phi) is 7.46. The molecule has 0 fully saturated rings. The van der Waals surface area contributed by atoms with E-state index in [4.69, 9.17) is 20.8 Å². The van der Waals surface area contributed by atoms with Gasteiger partial charge in [-0.3, -0.25) is 9.45 Å². The molecule has 4 aromatic rings. The van der Waals surface area contributed by atoms with Gasteiger partial charge in [0.1, 0.15) is 16.0 Å². The fourth-order valence-corrected chi connectivity index (χ4v) is 5.69. The predicted octanol–water partition coefficient (Wildman–Crippen LogP) is 4.92. The fourth-order valence-electron chi connectivity index (χ4n) is 4.35. The zero-order chi connectivity index (χ0) is 28.7. The van der Waals surface area contributed by atoms with Crippen molar-refractivity contribution in [2.24, 2.45) is 0 Å². The highest BCUT2D eigenvalue weighted by Crippen LogP contribution is 2.41. The lowest BCUT2D eigenvalue weighted by Crippen LogP contribution is -2.39. The first-order valence-corrected chi connectivity index (χ1v) is 15.5. The van der Waals surface area contributed by atoms with Crippen LogP contribution in [0.5, 0.6) is 5.75 Å². The molecule has 208 valence electrons. The van der Waals surface area contributed by atoms with Crippen molar-refractivity contribution in [3.63, 3.8) is 0 Å². The van der Waals surface area contributed by atoms with Gasteiger partial charge in [-0.15, -0.1) is 4.57 Å². The summed E-state index contributed by atoms with van der Waals surface area (Å²) in [6, 6.07) is 19.4. The van der Waals surface area contributed by atoms with E-state index in [1.807, 2.05) is 43.3 Å². The van der Waals surface area contributed by atoms with Crippen molar-refractivity contribution in [3.05, 3.63) is 95.2 Å². The van der Waals surface area contributed by atoms with Gasteiger partial charge in [0, 0.05) is 17.2 Å². The minimum absolute atomic E-state index is 0.0635. The molecule has 0 spiro atoms. The molecule has 0 radical (unpaired) electrons. The van der Waals surface area contributed by atoms with Crippen molar-refractivity contribution in [3.8, 4) is 16.9 Å². The maximum Gasteiger partial charge on any atom is 0.375 e. The summed E-state index contributed by atoms with van der Waals surface area (Å²) in [5, 5.41) is 0.326.